The van der Waals surface area contributed by atoms with E-state index in [2.05, 4.69) is 11.8 Å². The van der Waals surface area contributed by atoms with Gasteiger partial charge in [0.15, 0.2) is 0 Å². The summed E-state index contributed by atoms with van der Waals surface area (Å²) in [7, 11) is 0. The number of aliphatic hydroxyl groups is 2. The van der Waals surface area contributed by atoms with Crippen LogP contribution in [0.25, 0.3) is 0 Å². The van der Waals surface area contributed by atoms with Gasteiger partial charge in [0.1, 0.15) is 11.9 Å². The average Bonchev–Trinajstić information content (AvgIpc) is 3.17. The van der Waals surface area contributed by atoms with E-state index in [4.69, 9.17) is 10.5 Å². The first-order valence-corrected chi connectivity index (χ1v) is 9.93. The van der Waals surface area contributed by atoms with Crippen molar-refractivity contribution in [3.8, 4) is 17.6 Å². The molecule has 5 heteroatoms. The highest BCUT2D eigenvalue weighted by atomic mass is 16.5. The summed E-state index contributed by atoms with van der Waals surface area (Å²) < 4.78 is 6.18. The third kappa shape index (κ3) is 4.24. The van der Waals surface area contributed by atoms with Crippen molar-refractivity contribution in [2.24, 2.45) is 17.6 Å². The highest BCUT2D eigenvalue weighted by molar-refractivity contribution is 5.74. The number of aryl methyl sites for hydroxylation is 1. The minimum atomic E-state index is -0.601. The van der Waals surface area contributed by atoms with E-state index in [0.29, 0.717) is 19.3 Å². The Morgan fingerprint density at radius 1 is 1.46 bits per heavy atom. The summed E-state index contributed by atoms with van der Waals surface area (Å²) in [5.41, 5.74) is 7.33. The predicted molar refractivity (Wildman–Crippen MR) is 108 cm³/mol. The number of fused-ring (bicyclic) bond motifs is 3. The second-order valence-electron chi connectivity index (χ2n) is 7.85. The van der Waals surface area contributed by atoms with E-state index in [-0.39, 0.29) is 36.2 Å². The highest BCUT2D eigenvalue weighted by Gasteiger charge is 2.48. The Kier molecular flexibility index (Phi) is 6.43. The number of rotatable bonds is 7. The molecule has 3 rings (SSSR count). The lowest BCUT2D eigenvalue weighted by Gasteiger charge is -2.19. The van der Waals surface area contributed by atoms with E-state index in [1.807, 2.05) is 31.2 Å². The lowest BCUT2D eigenvalue weighted by Crippen LogP contribution is -2.19. The van der Waals surface area contributed by atoms with Crippen LogP contribution in [0.5, 0.6) is 5.75 Å². The molecule has 28 heavy (non-hydrogen) atoms. The van der Waals surface area contributed by atoms with Crippen molar-refractivity contribution < 1.29 is 19.7 Å². The van der Waals surface area contributed by atoms with E-state index in [9.17, 15) is 15.0 Å². The standard InChI is InChI=1S/C23H29NO4/c1-3-4-6-14(2)18(25)11-10-16-19(26)13-20-22(16)17-8-5-7-15(23(17)28-20)9-12-21(24)27/h5,7-8,10-11,14,16,18-20,22,25-26H,6,9,12-13H2,1-2H3,(H2,24,27)/b11-10+/t14-,16-,18+,19+,20-,22-/m0/s1. The van der Waals surface area contributed by atoms with Gasteiger partial charge in [0.25, 0.3) is 0 Å². The molecule has 1 saturated carbocycles. The maximum absolute atomic E-state index is 11.1. The molecule has 1 aliphatic heterocycles. The highest BCUT2D eigenvalue weighted by Crippen LogP contribution is 2.52. The van der Waals surface area contributed by atoms with Crippen LogP contribution in [0.3, 0.4) is 0 Å². The quantitative estimate of drug-likeness (QED) is 0.498. The van der Waals surface area contributed by atoms with E-state index in [0.717, 1.165) is 16.9 Å². The van der Waals surface area contributed by atoms with Crippen LogP contribution in [0.1, 0.15) is 50.2 Å². The van der Waals surface area contributed by atoms with Crippen LogP contribution in [-0.4, -0.2) is 34.4 Å². The van der Waals surface area contributed by atoms with Crippen LogP contribution in [0, 0.1) is 23.7 Å². The van der Waals surface area contributed by atoms with Gasteiger partial charge in [0.2, 0.25) is 5.91 Å². The van der Waals surface area contributed by atoms with E-state index in [1.54, 1.807) is 13.0 Å². The molecule has 1 aliphatic carbocycles. The van der Waals surface area contributed by atoms with Gasteiger partial charge >= 0.3 is 0 Å². The zero-order valence-electron chi connectivity index (χ0n) is 16.5. The molecule has 5 nitrogen and oxygen atoms in total. The topological polar surface area (TPSA) is 92.8 Å². The van der Waals surface area contributed by atoms with Crippen molar-refractivity contribution in [1.29, 1.82) is 0 Å². The number of amides is 1. The number of carbonyl (C=O) groups excluding carboxylic acids is 1. The number of hydrogen-bond acceptors (Lipinski definition) is 4. The molecule has 2 aliphatic rings. The molecule has 4 N–H and O–H groups in total. The number of benzene rings is 1. The monoisotopic (exact) mass is 383 g/mol. The number of nitrogens with two attached hydrogens (primary N) is 1. The van der Waals surface area contributed by atoms with Gasteiger partial charge in [0, 0.05) is 36.7 Å². The molecule has 0 bridgehead atoms. The molecular formula is C23H29NO4. The first-order valence-electron chi connectivity index (χ1n) is 9.93. The summed E-state index contributed by atoms with van der Waals surface area (Å²) in [5.74, 6) is 6.31. The van der Waals surface area contributed by atoms with Crippen molar-refractivity contribution >= 4 is 5.91 Å². The molecule has 1 fully saturated rings. The van der Waals surface area contributed by atoms with Gasteiger partial charge < -0.3 is 20.7 Å². The van der Waals surface area contributed by atoms with E-state index in [1.165, 1.54) is 0 Å². The third-order valence-electron chi connectivity index (χ3n) is 5.84. The maximum atomic E-state index is 11.1. The van der Waals surface area contributed by atoms with Crippen LogP contribution >= 0.6 is 0 Å². The molecule has 0 unspecified atom stereocenters. The van der Waals surface area contributed by atoms with Gasteiger partial charge in [-0.25, -0.2) is 0 Å². The molecule has 1 heterocycles. The summed E-state index contributed by atoms with van der Waals surface area (Å²) in [6.45, 7) is 3.76. The smallest absolute Gasteiger partial charge is 0.217 e. The zero-order valence-corrected chi connectivity index (χ0v) is 16.5. The van der Waals surface area contributed by atoms with Crippen molar-refractivity contribution in [3.05, 3.63) is 41.5 Å². The van der Waals surface area contributed by atoms with E-state index >= 15 is 0 Å². The zero-order chi connectivity index (χ0) is 20.3. The van der Waals surface area contributed by atoms with Crippen LogP contribution in [-0.2, 0) is 11.2 Å². The number of para-hydroxylation sites is 1. The van der Waals surface area contributed by atoms with Gasteiger partial charge in [-0.2, -0.15) is 0 Å². The molecule has 0 saturated heterocycles. The molecule has 0 radical (unpaired) electrons. The normalized spacial score (nSPS) is 27.4. The molecular weight excluding hydrogens is 354 g/mol. The SMILES string of the molecule is CC#CC[C@H](C)[C@H](O)/C=C/[C@@H]1[C@H]2c3cccc(CCC(N)=O)c3O[C@H]2C[C@H]1O. The number of primary amides is 1. The minimum Gasteiger partial charge on any atom is -0.489 e. The lowest BCUT2D eigenvalue weighted by molar-refractivity contribution is -0.117. The number of aliphatic hydroxyl groups excluding tert-OH is 2. The Bertz CT molecular complexity index is 807. The molecule has 1 amide bonds. The molecule has 150 valence electrons. The minimum absolute atomic E-state index is 0.0329. The molecule has 6 atom stereocenters. The Morgan fingerprint density at radius 2 is 2.25 bits per heavy atom. The summed E-state index contributed by atoms with van der Waals surface area (Å²) >= 11 is 0. The van der Waals surface area contributed by atoms with Crippen molar-refractivity contribution in [2.75, 3.05) is 0 Å². The second kappa shape index (κ2) is 8.81. The van der Waals surface area contributed by atoms with Crippen LogP contribution in [0.4, 0.5) is 0 Å². The molecule has 1 aromatic rings. The Labute approximate surface area is 166 Å². The van der Waals surface area contributed by atoms with Crippen molar-refractivity contribution in [1.82, 2.24) is 0 Å². The van der Waals surface area contributed by atoms with E-state index < -0.39 is 12.2 Å². The summed E-state index contributed by atoms with van der Waals surface area (Å²) in [6.07, 6.45) is 4.55. The summed E-state index contributed by atoms with van der Waals surface area (Å²) in [4.78, 5) is 11.1. The first kappa shape index (κ1) is 20.4. The van der Waals surface area contributed by atoms with Gasteiger partial charge in [-0.1, -0.05) is 37.3 Å². The third-order valence-corrected chi connectivity index (χ3v) is 5.84. The van der Waals surface area contributed by atoms with Crippen molar-refractivity contribution in [3.63, 3.8) is 0 Å². The van der Waals surface area contributed by atoms with Crippen LogP contribution < -0.4 is 10.5 Å². The average molecular weight is 383 g/mol. The Morgan fingerprint density at radius 3 is 2.96 bits per heavy atom. The predicted octanol–water partition coefficient (Wildman–Crippen LogP) is 2.30. The Hall–Kier alpha value is -2.29. The van der Waals surface area contributed by atoms with Crippen molar-refractivity contribution in [2.45, 2.75) is 63.8 Å². The van der Waals surface area contributed by atoms with Crippen LogP contribution in [0.2, 0.25) is 0 Å². The molecule has 0 spiro atoms. The molecule has 1 aromatic carbocycles. The number of hydrogen-bond donors (Lipinski definition) is 3. The largest absolute Gasteiger partial charge is 0.489 e. The number of ether oxygens (including phenoxy) is 1. The van der Waals surface area contributed by atoms with Gasteiger partial charge in [-0.15, -0.1) is 11.8 Å². The van der Waals surface area contributed by atoms with Crippen LogP contribution in [0.15, 0.2) is 30.4 Å². The fraction of sp³-hybridized carbons (Fsp3) is 0.522. The second-order valence-corrected chi connectivity index (χ2v) is 7.85. The molecule has 0 aromatic heterocycles. The Balaban J connectivity index is 1.78. The van der Waals surface area contributed by atoms with Gasteiger partial charge in [-0.3, -0.25) is 4.79 Å². The summed E-state index contributed by atoms with van der Waals surface area (Å²) in [6, 6.07) is 5.96. The first-order chi connectivity index (χ1) is 13.4. The summed E-state index contributed by atoms with van der Waals surface area (Å²) in [5, 5.41) is 20.9. The number of carbonyl (C=O) groups is 1. The fourth-order valence-corrected chi connectivity index (χ4v) is 4.24. The maximum Gasteiger partial charge on any atom is 0.217 e. The fourth-order valence-electron chi connectivity index (χ4n) is 4.24. The van der Waals surface area contributed by atoms with Gasteiger partial charge in [-0.05, 0) is 24.8 Å². The lowest BCUT2D eigenvalue weighted by atomic mass is 9.86. The van der Waals surface area contributed by atoms with Gasteiger partial charge in [0.05, 0.1) is 12.2 Å².